The van der Waals surface area contributed by atoms with Crippen molar-refractivity contribution in [3.8, 4) is 5.75 Å². The van der Waals surface area contributed by atoms with Gasteiger partial charge in [-0.2, -0.15) is 4.31 Å². The van der Waals surface area contributed by atoms with E-state index in [4.69, 9.17) is 9.47 Å². The van der Waals surface area contributed by atoms with Crippen molar-refractivity contribution in [3.63, 3.8) is 0 Å². The fourth-order valence-electron chi connectivity index (χ4n) is 4.06. The van der Waals surface area contributed by atoms with Crippen molar-refractivity contribution >= 4 is 21.6 Å². The number of hydrogen-bond donors (Lipinski definition) is 1. The minimum absolute atomic E-state index is 0.152. The number of sulfonamides is 1. The van der Waals surface area contributed by atoms with Crippen LogP contribution in [-0.2, 0) is 14.8 Å². The largest absolute Gasteiger partial charge is 0.490 e. The highest BCUT2D eigenvalue weighted by atomic mass is 32.2. The lowest BCUT2D eigenvalue weighted by Crippen LogP contribution is -2.40. The van der Waals surface area contributed by atoms with E-state index in [0.717, 1.165) is 31.7 Å². The highest BCUT2D eigenvalue weighted by Gasteiger charge is 2.28. The van der Waals surface area contributed by atoms with Crippen LogP contribution in [0.3, 0.4) is 0 Å². The number of piperidine rings is 1. The number of hydrogen-bond acceptors (Lipinski definition) is 6. The first-order chi connectivity index (χ1) is 15.8. The lowest BCUT2D eigenvalue weighted by atomic mass is 10.1. The molecule has 0 bridgehead atoms. The van der Waals surface area contributed by atoms with Crippen molar-refractivity contribution in [3.05, 3.63) is 53.6 Å². The molecule has 2 aromatic carbocycles. The predicted molar refractivity (Wildman–Crippen MR) is 126 cm³/mol. The number of aryl methyl sites for hydroxylation is 1. The maximum atomic E-state index is 13.1. The molecule has 2 heterocycles. The first kappa shape index (κ1) is 23.7. The second kappa shape index (κ2) is 10.2. The van der Waals surface area contributed by atoms with Gasteiger partial charge in [-0.05, 0) is 68.8 Å². The number of anilines is 1. The molecule has 0 saturated carbocycles. The number of carbonyl (C=O) groups excluding carboxylic acids is 1. The Morgan fingerprint density at radius 2 is 1.70 bits per heavy atom. The van der Waals surface area contributed by atoms with Crippen molar-refractivity contribution < 1.29 is 22.7 Å². The van der Waals surface area contributed by atoms with Gasteiger partial charge in [0.1, 0.15) is 11.9 Å². The highest BCUT2D eigenvalue weighted by Crippen LogP contribution is 2.24. The summed E-state index contributed by atoms with van der Waals surface area (Å²) >= 11 is 0. The van der Waals surface area contributed by atoms with E-state index in [1.54, 1.807) is 31.2 Å². The summed E-state index contributed by atoms with van der Waals surface area (Å²) in [5.41, 5.74) is 1.52. The van der Waals surface area contributed by atoms with Gasteiger partial charge in [-0.25, -0.2) is 8.42 Å². The molecule has 0 atom stereocenters. The van der Waals surface area contributed by atoms with Crippen LogP contribution in [0.2, 0.25) is 0 Å². The zero-order valence-electron chi connectivity index (χ0n) is 19.1. The molecule has 178 valence electrons. The van der Waals surface area contributed by atoms with Crippen molar-refractivity contribution in [2.45, 2.75) is 30.8 Å². The van der Waals surface area contributed by atoms with Crippen LogP contribution in [0.5, 0.6) is 5.75 Å². The normalized spacial score (nSPS) is 18.7. The van der Waals surface area contributed by atoms with Gasteiger partial charge >= 0.3 is 0 Å². The Balaban J connectivity index is 1.42. The van der Waals surface area contributed by atoms with Gasteiger partial charge in [-0.1, -0.05) is 6.07 Å². The lowest BCUT2D eigenvalue weighted by Gasteiger charge is -2.29. The molecule has 33 heavy (non-hydrogen) atoms. The first-order valence-corrected chi connectivity index (χ1v) is 12.7. The molecule has 2 fully saturated rings. The van der Waals surface area contributed by atoms with Gasteiger partial charge in [-0.15, -0.1) is 0 Å². The molecule has 0 aliphatic carbocycles. The Kier molecular flexibility index (Phi) is 7.33. The quantitative estimate of drug-likeness (QED) is 0.694. The summed E-state index contributed by atoms with van der Waals surface area (Å²) in [7, 11) is -1.58. The number of morpholine rings is 1. The Bertz CT molecular complexity index is 1070. The molecule has 8 nitrogen and oxygen atoms in total. The maximum absolute atomic E-state index is 13.1. The van der Waals surface area contributed by atoms with E-state index in [1.807, 2.05) is 12.1 Å². The summed E-state index contributed by atoms with van der Waals surface area (Å²) < 4.78 is 38.9. The Hall–Kier alpha value is -2.46. The summed E-state index contributed by atoms with van der Waals surface area (Å²) in [6.07, 6.45) is 2.21. The van der Waals surface area contributed by atoms with E-state index in [9.17, 15) is 13.2 Å². The number of carbonyl (C=O) groups is 1. The monoisotopic (exact) mass is 473 g/mol. The molecule has 0 radical (unpaired) electrons. The van der Waals surface area contributed by atoms with E-state index < -0.39 is 10.0 Å². The summed E-state index contributed by atoms with van der Waals surface area (Å²) in [5.74, 6) is 0.411. The fraction of sp³-hybridized carbons (Fsp3) is 0.458. The van der Waals surface area contributed by atoms with Crippen LogP contribution >= 0.6 is 0 Å². The molecule has 2 aliphatic heterocycles. The minimum atomic E-state index is -3.69. The zero-order chi connectivity index (χ0) is 23.4. The van der Waals surface area contributed by atoms with Crippen molar-refractivity contribution in [1.82, 2.24) is 9.21 Å². The summed E-state index contributed by atoms with van der Waals surface area (Å²) in [6.45, 7) is 5.15. The van der Waals surface area contributed by atoms with E-state index >= 15 is 0 Å². The average molecular weight is 474 g/mol. The van der Waals surface area contributed by atoms with Gasteiger partial charge < -0.3 is 19.7 Å². The number of nitrogens with one attached hydrogen (secondary N) is 1. The predicted octanol–water partition coefficient (Wildman–Crippen LogP) is 2.74. The fourth-order valence-corrected chi connectivity index (χ4v) is 5.72. The zero-order valence-corrected chi connectivity index (χ0v) is 19.9. The lowest BCUT2D eigenvalue weighted by molar-refractivity contribution is 0.0730. The van der Waals surface area contributed by atoms with Crippen LogP contribution in [0.4, 0.5) is 5.69 Å². The molecule has 2 aromatic rings. The maximum Gasteiger partial charge on any atom is 0.255 e. The van der Waals surface area contributed by atoms with Gasteiger partial charge in [0.05, 0.1) is 18.1 Å². The third-order valence-electron chi connectivity index (χ3n) is 6.12. The third-order valence-corrected chi connectivity index (χ3v) is 8.16. The molecule has 1 N–H and O–H groups in total. The smallest absolute Gasteiger partial charge is 0.255 e. The molecular formula is C24H31N3O5S. The van der Waals surface area contributed by atoms with E-state index in [1.165, 1.54) is 10.4 Å². The highest BCUT2D eigenvalue weighted by molar-refractivity contribution is 7.89. The summed E-state index contributed by atoms with van der Waals surface area (Å²) in [4.78, 5) is 15.3. The number of rotatable bonds is 6. The van der Waals surface area contributed by atoms with E-state index in [-0.39, 0.29) is 16.9 Å². The Morgan fingerprint density at radius 1 is 1.03 bits per heavy atom. The molecule has 0 unspecified atom stereocenters. The molecule has 0 aromatic heterocycles. The van der Waals surface area contributed by atoms with Crippen molar-refractivity contribution in [2.75, 3.05) is 51.8 Å². The van der Waals surface area contributed by atoms with Crippen molar-refractivity contribution in [2.24, 2.45) is 0 Å². The van der Waals surface area contributed by atoms with Gasteiger partial charge in [0.25, 0.3) is 5.91 Å². The van der Waals surface area contributed by atoms with Gasteiger partial charge in [0.2, 0.25) is 10.0 Å². The van der Waals surface area contributed by atoms with E-state index in [0.29, 0.717) is 43.1 Å². The van der Waals surface area contributed by atoms with Crippen LogP contribution in [-0.4, -0.2) is 76.1 Å². The average Bonchev–Trinajstić information content (AvgIpc) is 2.82. The van der Waals surface area contributed by atoms with E-state index in [2.05, 4.69) is 17.3 Å². The minimum Gasteiger partial charge on any atom is -0.490 e. The molecule has 9 heteroatoms. The number of ether oxygens (including phenoxy) is 2. The molecule has 4 rings (SSSR count). The number of amides is 1. The second-order valence-corrected chi connectivity index (χ2v) is 10.5. The molecule has 2 aliphatic rings. The van der Waals surface area contributed by atoms with Crippen LogP contribution in [0.15, 0.2) is 47.4 Å². The SMILES string of the molecule is Cc1ccc(C(=O)Nc2ccc(OC3CCN(C)CC3)cc2)cc1S(=O)(=O)N1CCOCC1. The van der Waals surface area contributed by atoms with Gasteiger partial charge in [-0.3, -0.25) is 4.79 Å². The van der Waals surface area contributed by atoms with Gasteiger partial charge in [0, 0.05) is 37.4 Å². The van der Waals surface area contributed by atoms with Gasteiger partial charge in [0.15, 0.2) is 0 Å². The first-order valence-electron chi connectivity index (χ1n) is 11.3. The molecule has 2 saturated heterocycles. The molecular weight excluding hydrogens is 442 g/mol. The Labute approximate surface area is 195 Å². The number of likely N-dealkylation sites (tertiary alicyclic amines) is 1. The van der Waals surface area contributed by atoms with Crippen LogP contribution in [0.25, 0.3) is 0 Å². The summed E-state index contributed by atoms with van der Waals surface area (Å²) in [5, 5.41) is 2.84. The Morgan fingerprint density at radius 3 is 2.36 bits per heavy atom. The molecule has 1 amide bonds. The number of nitrogens with zero attached hydrogens (tertiary/aromatic N) is 2. The van der Waals surface area contributed by atoms with Crippen LogP contribution in [0.1, 0.15) is 28.8 Å². The summed E-state index contributed by atoms with van der Waals surface area (Å²) in [6, 6.07) is 12.0. The second-order valence-electron chi connectivity index (χ2n) is 8.60. The standard InChI is InChI=1S/C24H31N3O5S/c1-18-3-4-19(17-23(18)33(29,30)27-13-15-31-16-14-27)24(28)25-20-5-7-21(8-6-20)32-22-9-11-26(2)12-10-22/h3-8,17,22H,9-16H2,1-2H3,(H,25,28). The third kappa shape index (κ3) is 5.73. The van der Waals surface area contributed by atoms with Crippen LogP contribution in [0, 0.1) is 6.92 Å². The number of benzene rings is 2. The molecule has 0 spiro atoms. The van der Waals surface area contributed by atoms with Crippen LogP contribution < -0.4 is 10.1 Å². The topological polar surface area (TPSA) is 88.2 Å². The van der Waals surface area contributed by atoms with Crippen molar-refractivity contribution in [1.29, 1.82) is 0 Å².